The Labute approximate surface area is 620 Å². The average Bonchev–Trinajstić information content (AvgIpc) is 0.720. The molecule has 0 aromatic heterocycles. The number of fused-ring (bicyclic) bond motifs is 4. The standard InChI is InChI=1S/C98H162N2/c1-65-25-41-77(42-26-65)69(5)61-73-33-49-81(50-34-73)99(82-51-35-74(36-52-82)62-70(6)78-43-27-66(2)28-44-78)95-59-57-93(85-17-9-11-19-87(85)95)97-89-21-13-15-23-91(89)98(92-24-16-14-22-90(92)97)94-58-60-96(88-20-12-10-18-86(88)94)100(83-53-37-75(38-54-83)63-71(7)79-45-29-67(3)30-46-79)84-55-39-76(40-56-84)64-72(8)80-47-31-68(4)32-48-80/h61-68,73-98H,9-60H2,1-8H3/b69-61+,70-62+,71-63+,72-64+. The van der Waals surface area contributed by atoms with Crippen molar-refractivity contribution in [2.24, 2.45) is 142 Å². The number of hydrogen-bond donors (Lipinski definition) is 0. The van der Waals surface area contributed by atoms with Crippen LogP contribution in [0.5, 0.6) is 0 Å². The first-order valence-electron chi connectivity index (χ1n) is 47.1. The van der Waals surface area contributed by atoms with E-state index in [2.05, 4.69) is 89.5 Å². The Bertz CT molecular complexity index is 2300. The second-order valence-corrected chi connectivity index (χ2v) is 41.9. The van der Waals surface area contributed by atoms with Gasteiger partial charge in [0.15, 0.2) is 0 Å². The van der Waals surface area contributed by atoms with Crippen LogP contribution in [0.25, 0.3) is 0 Å². The van der Waals surface area contributed by atoms with Crippen LogP contribution in [0.2, 0.25) is 0 Å². The average molecular weight is 1370 g/mol. The van der Waals surface area contributed by atoms with Crippen LogP contribution < -0.4 is 0 Å². The van der Waals surface area contributed by atoms with Crippen LogP contribution in [-0.2, 0) is 0 Å². The zero-order valence-electron chi connectivity index (χ0n) is 67.3. The highest BCUT2D eigenvalue weighted by Gasteiger charge is 2.60. The van der Waals surface area contributed by atoms with Gasteiger partial charge in [-0.2, -0.15) is 0 Å². The van der Waals surface area contributed by atoms with Gasteiger partial charge in [-0.1, -0.05) is 177 Å². The number of rotatable bonds is 16. The van der Waals surface area contributed by atoms with Crippen molar-refractivity contribution in [1.82, 2.24) is 9.80 Å². The highest BCUT2D eigenvalue weighted by Crippen LogP contribution is 2.66. The Morgan fingerprint density at radius 3 is 0.630 bits per heavy atom. The Kier molecular flexibility index (Phi) is 25.7. The minimum atomic E-state index is 0.835. The molecule has 564 valence electrons. The van der Waals surface area contributed by atoms with Crippen molar-refractivity contribution >= 4 is 0 Å². The summed E-state index contributed by atoms with van der Waals surface area (Å²) >= 11 is 0. The van der Waals surface area contributed by atoms with E-state index in [0.717, 1.165) is 178 Å². The third-order valence-electron chi connectivity index (χ3n) is 36.2. The van der Waals surface area contributed by atoms with Crippen molar-refractivity contribution < 1.29 is 0 Å². The van der Waals surface area contributed by atoms with Crippen molar-refractivity contribution in [1.29, 1.82) is 0 Å². The van der Waals surface area contributed by atoms with Crippen molar-refractivity contribution in [2.45, 2.75) is 426 Å². The molecule has 0 N–H and O–H groups in total. The van der Waals surface area contributed by atoms with E-state index in [1.807, 2.05) is 0 Å². The number of hydrogen-bond acceptors (Lipinski definition) is 2. The molecule has 0 heterocycles. The normalized spacial score (nSPS) is 47.7. The van der Waals surface area contributed by atoms with Gasteiger partial charge >= 0.3 is 0 Å². The van der Waals surface area contributed by atoms with Crippen molar-refractivity contribution in [3.63, 3.8) is 0 Å². The molecule has 0 spiro atoms. The lowest BCUT2D eigenvalue weighted by molar-refractivity contribution is -0.156. The summed E-state index contributed by atoms with van der Waals surface area (Å²) in [6.45, 7) is 20.3. The van der Waals surface area contributed by atoms with Gasteiger partial charge in [0.1, 0.15) is 0 Å². The summed E-state index contributed by atoms with van der Waals surface area (Å²) in [4.78, 5) is 7.02. The third-order valence-corrected chi connectivity index (χ3v) is 36.2. The summed E-state index contributed by atoms with van der Waals surface area (Å²) < 4.78 is 0. The lowest BCUT2D eigenvalue weighted by atomic mass is 9.42. The molecule has 12 unspecified atom stereocenters. The van der Waals surface area contributed by atoms with Gasteiger partial charge in [-0.05, 0) is 401 Å². The van der Waals surface area contributed by atoms with Crippen LogP contribution in [0.4, 0.5) is 0 Å². The van der Waals surface area contributed by atoms with E-state index >= 15 is 0 Å². The van der Waals surface area contributed by atoms with Crippen LogP contribution >= 0.6 is 0 Å². The molecule has 2 heteroatoms. The maximum Gasteiger partial charge on any atom is 0.0132 e. The Hall–Kier alpha value is -1.12. The molecule has 15 fully saturated rings. The fraction of sp³-hybridized carbons (Fsp3) is 0.918. The predicted molar refractivity (Wildman–Crippen MR) is 428 cm³/mol. The van der Waals surface area contributed by atoms with Gasteiger partial charge in [-0.15, -0.1) is 0 Å². The Morgan fingerprint density at radius 1 is 0.200 bits per heavy atom. The van der Waals surface area contributed by atoms with Gasteiger partial charge in [-0.25, -0.2) is 0 Å². The molecule has 0 radical (unpaired) electrons. The third kappa shape index (κ3) is 17.0. The van der Waals surface area contributed by atoms with E-state index in [0.29, 0.717) is 0 Å². The fourth-order valence-corrected chi connectivity index (χ4v) is 30.7. The molecular formula is C98H162N2. The monoisotopic (exact) mass is 1370 g/mol. The Morgan fingerprint density at radius 2 is 0.400 bits per heavy atom. The molecule has 0 amide bonds. The fourth-order valence-electron chi connectivity index (χ4n) is 30.7. The van der Waals surface area contributed by atoms with Crippen LogP contribution in [0, 0.1) is 142 Å². The van der Waals surface area contributed by atoms with E-state index in [1.54, 1.807) is 138 Å². The van der Waals surface area contributed by atoms with E-state index < -0.39 is 0 Å². The zero-order valence-corrected chi connectivity index (χ0v) is 67.3. The first kappa shape index (κ1) is 74.3. The topological polar surface area (TPSA) is 6.48 Å². The molecule has 15 saturated carbocycles. The van der Waals surface area contributed by atoms with Crippen molar-refractivity contribution in [2.75, 3.05) is 0 Å². The molecule has 0 bridgehead atoms. The minimum Gasteiger partial charge on any atom is -0.294 e. The van der Waals surface area contributed by atoms with Crippen LogP contribution in [0.3, 0.4) is 0 Å². The lowest BCUT2D eigenvalue weighted by Gasteiger charge is -2.64. The van der Waals surface area contributed by atoms with Crippen molar-refractivity contribution in [3.8, 4) is 0 Å². The summed E-state index contributed by atoms with van der Waals surface area (Å²) in [5, 5.41) is 0. The second-order valence-electron chi connectivity index (χ2n) is 41.9. The maximum absolute atomic E-state index is 3.51. The molecule has 12 atom stereocenters. The van der Waals surface area contributed by atoms with Gasteiger partial charge in [0.25, 0.3) is 0 Å². The molecular weight excluding hydrogens is 1210 g/mol. The minimum absolute atomic E-state index is 0.835. The van der Waals surface area contributed by atoms with Crippen molar-refractivity contribution in [3.05, 3.63) is 46.6 Å². The largest absolute Gasteiger partial charge is 0.294 e. The molecule has 0 aliphatic heterocycles. The van der Waals surface area contributed by atoms with Gasteiger partial charge in [-0.3, -0.25) is 9.80 Å². The van der Waals surface area contributed by atoms with Crippen LogP contribution in [0.15, 0.2) is 46.6 Å². The summed E-state index contributed by atoms with van der Waals surface area (Å²) in [6, 6.07) is 5.07. The van der Waals surface area contributed by atoms with Gasteiger partial charge in [0.2, 0.25) is 0 Å². The molecule has 0 saturated heterocycles. The predicted octanol–water partition coefficient (Wildman–Crippen LogP) is 27.9. The highest BCUT2D eigenvalue weighted by atomic mass is 15.2. The summed E-state index contributed by atoms with van der Waals surface area (Å²) in [5.41, 5.74) is 7.16. The molecule has 0 aromatic carbocycles. The molecule has 0 aromatic rings. The van der Waals surface area contributed by atoms with E-state index in [9.17, 15) is 0 Å². The van der Waals surface area contributed by atoms with E-state index in [-0.39, 0.29) is 0 Å². The highest BCUT2D eigenvalue weighted by molar-refractivity contribution is 5.16. The summed E-state index contributed by atoms with van der Waals surface area (Å²) in [6.07, 6.45) is 90.1. The first-order valence-corrected chi connectivity index (χ1v) is 47.1. The summed E-state index contributed by atoms with van der Waals surface area (Å²) in [5.74, 6) is 23.0. The second kappa shape index (κ2) is 34.6. The quantitative estimate of drug-likeness (QED) is 0.142. The maximum atomic E-state index is 3.51. The zero-order chi connectivity index (χ0) is 68.4. The summed E-state index contributed by atoms with van der Waals surface area (Å²) in [7, 11) is 0. The van der Waals surface area contributed by atoms with Gasteiger partial charge in [0, 0.05) is 36.3 Å². The van der Waals surface area contributed by atoms with Gasteiger partial charge < -0.3 is 0 Å². The lowest BCUT2D eigenvalue weighted by Crippen LogP contribution is -2.61. The molecule has 2 nitrogen and oxygen atoms in total. The number of allylic oxidation sites excluding steroid dienone is 8. The van der Waals surface area contributed by atoms with Gasteiger partial charge in [0.05, 0.1) is 0 Å². The van der Waals surface area contributed by atoms with Crippen LogP contribution in [-0.4, -0.2) is 46.1 Å². The van der Waals surface area contributed by atoms with E-state index in [4.69, 9.17) is 0 Å². The first-order chi connectivity index (χ1) is 48.8. The smallest absolute Gasteiger partial charge is 0.0132 e. The SMILES string of the molecule is C/C(=C\C1CCC(N(C2CCC(/C=C(\C)C3CCC(C)CC3)CC2)C2CCC(C3C4CCCCC4C(C4CCC(N(C5CCC(/C=C(\C)C6CCC(C)CC6)CC5)C5CCC(/C=C(\C)C6CCC(C)CC6)CC5)C5CCCCC45)C4CCCCC43)C3CCCCC32)CC1)C1CCC(C)CC1. The molecule has 15 aliphatic carbocycles. The molecule has 15 aliphatic rings. The van der Waals surface area contributed by atoms with E-state index in [1.165, 1.54) is 218 Å². The number of nitrogens with zero attached hydrogens (tertiary/aromatic N) is 2. The Balaban J connectivity index is 0.665. The molecule has 100 heavy (non-hydrogen) atoms. The van der Waals surface area contributed by atoms with Crippen LogP contribution in [0.1, 0.15) is 389 Å². The molecule has 15 rings (SSSR count).